The molecule has 0 aliphatic heterocycles. The zero-order chi connectivity index (χ0) is 23.2. The van der Waals surface area contributed by atoms with Crippen LogP contribution in [0.25, 0.3) is 33.3 Å². The average Bonchev–Trinajstić information content (AvgIpc) is 3.20. The molecule has 3 N–H and O–H groups in total. The molecule has 0 spiro atoms. The molecule has 9 nitrogen and oxygen atoms in total. The Morgan fingerprint density at radius 3 is 2.67 bits per heavy atom. The van der Waals surface area contributed by atoms with Crippen molar-refractivity contribution < 1.29 is 9.53 Å². The molecular weight excluding hydrogens is 418 g/mol. The van der Waals surface area contributed by atoms with Crippen LogP contribution in [0.4, 0.5) is 10.6 Å². The first kappa shape index (κ1) is 22.2. The fourth-order valence-corrected chi connectivity index (χ4v) is 3.59. The number of anilines is 1. The van der Waals surface area contributed by atoms with Gasteiger partial charge >= 0.3 is 6.09 Å². The lowest BCUT2D eigenvalue weighted by Gasteiger charge is -2.13. The molecule has 4 rings (SSSR count). The normalized spacial score (nSPS) is 11.5. The summed E-state index contributed by atoms with van der Waals surface area (Å²) in [5.74, 6) is 1.32. The van der Waals surface area contributed by atoms with Gasteiger partial charge in [-0.15, -0.1) is 0 Å². The molecule has 2 aromatic carbocycles. The Balaban J connectivity index is 1.77. The van der Waals surface area contributed by atoms with Gasteiger partial charge in [0.05, 0.1) is 24.5 Å². The van der Waals surface area contributed by atoms with E-state index in [4.69, 9.17) is 9.97 Å². The minimum Gasteiger partial charge on any atom is -0.452 e. The summed E-state index contributed by atoms with van der Waals surface area (Å²) in [5, 5.41) is 9.42. The Morgan fingerprint density at radius 2 is 1.88 bits per heavy atom. The van der Waals surface area contributed by atoms with Gasteiger partial charge in [0, 0.05) is 28.4 Å². The minimum absolute atomic E-state index is 0.541. The predicted molar refractivity (Wildman–Crippen MR) is 132 cm³/mol. The van der Waals surface area contributed by atoms with Gasteiger partial charge in [-0.05, 0) is 45.3 Å². The standard InChI is InChI=1S/C24H27N7O2/c1-31(2)14-8-13-25-22-17-10-5-7-12-20(17)28-23(29-22)21-18(15-26-30-24(32)33-3)16-9-4-6-11-19(16)27-21/h4-7,9-12,15,27H,8,13-14H2,1-3H3,(H,30,32)(H,25,28,29)/b26-15+. The van der Waals surface area contributed by atoms with Crippen LogP contribution in [0.3, 0.4) is 0 Å². The maximum absolute atomic E-state index is 11.4. The summed E-state index contributed by atoms with van der Waals surface area (Å²) < 4.78 is 4.59. The van der Waals surface area contributed by atoms with E-state index in [1.165, 1.54) is 7.11 Å². The maximum atomic E-state index is 11.4. The highest BCUT2D eigenvalue weighted by Crippen LogP contribution is 2.30. The van der Waals surface area contributed by atoms with Gasteiger partial charge in [-0.2, -0.15) is 5.10 Å². The van der Waals surface area contributed by atoms with E-state index in [1.54, 1.807) is 6.21 Å². The number of fused-ring (bicyclic) bond motifs is 2. The van der Waals surface area contributed by atoms with E-state index in [9.17, 15) is 4.79 Å². The van der Waals surface area contributed by atoms with Gasteiger partial charge in [0.15, 0.2) is 5.82 Å². The van der Waals surface area contributed by atoms with Gasteiger partial charge in [-0.25, -0.2) is 20.2 Å². The largest absolute Gasteiger partial charge is 0.452 e. The third kappa shape index (κ3) is 5.09. The summed E-state index contributed by atoms with van der Waals surface area (Å²) in [6.07, 6.45) is 1.93. The third-order valence-corrected chi connectivity index (χ3v) is 5.18. The van der Waals surface area contributed by atoms with E-state index in [2.05, 4.69) is 44.6 Å². The number of nitrogens with one attached hydrogen (secondary N) is 3. The Morgan fingerprint density at radius 1 is 1.12 bits per heavy atom. The zero-order valence-corrected chi connectivity index (χ0v) is 18.9. The summed E-state index contributed by atoms with van der Waals surface area (Å²) in [6.45, 7) is 1.78. The molecule has 0 aliphatic rings. The molecule has 33 heavy (non-hydrogen) atoms. The highest BCUT2D eigenvalue weighted by Gasteiger charge is 2.16. The van der Waals surface area contributed by atoms with Crippen molar-refractivity contribution in [2.45, 2.75) is 6.42 Å². The number of hydrogen-bond acceptors (Lipinski definition) is 7. The Bertz CT molecular complexity index is 1300. The Kier molecular flexibility index (Phi) is 6.80. The van der Waals surface area contributed by atoms with Gasteiger partial charge in [0.2, 0.25) is 0 Å². The van der Waals surface area contributed by atoms with Crippen LogP contribution in [0.2, 0.25) is 0 Å². The number of aromatic nitrogens is 3. The van der Waals surface area contributed by atoms with Crippen LogP contribution in [-0.4, -0.2) is 66.5 Å². The molecular formula is C24H27N7O2. The van der Waals surface area contributed by atoms with Crippen molar-refractivity contribution in [2.24, 2.45) is 5.10 Å². The number of ether oxygens (including phenoxy) is 1. The molecule has 2 aromatic heterocycles. The molecule has 0 aliphatic carbocycles. The fraction of sp³-hybridized carbons (Fsp3) is 0.250. The van der Waals surface area contributed by atoms with Gasteiger partial charge in [0.1, 0.15) is 5.82 Å². The third-order valence-electron chi connectivity index (χ3n) is 5.18. The van der Waals surface area contributed by atoms with Crippen molar-refractivity contribution >= 4 is 39.9 Å². The van der Waals surface area contributed by atoms with Crippen molar-refractivity contribution in [2.75, 3.05) is 39.6 Å². The molecule has 0 radical (unpaired) electrons. The number of carbonyl (C=O) groups is 1. The summed E-state index contributed by atoms with van der Waals surface area (Å²) in [5.41, 5.74) is 5.59. The number of hydrogen-bond donors (Lipinski definition) is 3. The number of amides is 1. The summed E-state index contributed by atoms with van der Waals surface area (Å²) >= 11 is 0. The van der Waals surface area contributed by atoms with E-state index in [0.29, 0.717) is 11.5 Å². The van der Waals surface area contributed by atoms with Crippen LogP contribution in [0.5, 0.6) is 0 Å². The van der Waals surface area contributed by atoms with Crippen molar-refractivity contribution in [3.8, 4) is 11.5 Å². The van der Waals surface area contributed by atoms with Crippen LogP contribution in [-0.2, 0) is 4.74 Å². The molecule has 0 atom stereocenters. The van der Waals surface area contributed by atoms with Crippen molar-refractivity contribution in [3.05, 3.63) is 54.1 Å². The zero-order valence-electron chi connectivity index (χ0n) is 18.9. The lowest BCUT2D eigenvalue weighted by atomic mass is 10.1. The van der Waals surface area contributed by atoms with Crippen LogP contribution in [0.15, 0.2) is 53.6 Å². The lowest BCUT2D eigenvalue weighted by molar-refractivity contribution is 0.171. The van der Waals surface area contributed by atoms with E-state index >= 15 is 0 Å². The lowest BCUT2D eigenvalue weighted by Crippen LogP contribution is -2.17. The summed E-state index contributed by atoms with van der Waals surface area (Å²) in [4.78, 5) is 26.7. The highest BCUT2D eigenvalue weighted by molar-refractivity contribution is 6.06. The smallest absolute Gasteiger partial charge is 0.427 e. The van der Waals surface area contributed by atoms with Crippen LogP contribution >= 0.6 is 0 Å². The topological polar surface area (TPSA) is 108 Å². The Labute approximate surface area is 191 Å². The molecule has 170 valence electrons. The van der Waals surface area contributed by atoms with Crippen LogP contribution < -0.4 is 10.7 Å². The SMILES string of the molecule is COC(=O)N/N=C/c1c(-c2nc(NCCCN(C)C)c3ccccc3n2)[nH]c2ccccc12. The number of rotatable bonds is 8. The number of carbonyl (C=O) groups excluding carboxylic acids is 1. The maximum Gasteiger partial charge on any atom is 0.427 e. The summed E-state index contributed by atoms with van der Waals surface area (Å²) in [6, 6.07) is 15.8. The molecule has 0 bridgehead atoms. The molecule has 0 saturated carbocycles. The number of methoxy groups -OCH3 is 1. The van der Waals surface area contributed by atoms with Crippen molar-refractivity contribution in [1.29, 1.82) is 0 Å². The monoisotopic (exact) mass is 445 g/mol. The first-order chi connectivity index (χ1) is 16.1. The van der Waals surface area contributed by atoms with E-state index in [-0.39, 0.29) is 0 Å². The molecule has 0 fully saturated rings. The highest BCUT2D eigenvalue weighted by atomic mass is 16.5. The second kappa shape index (κ2) is 10.1. The van der Waals surface area contributed by atoms with Crippen molar-refractivity contribution in [3.63, 3.8) is 0 Å². The van der Waals surface area contributed by atoms with E-state index < -0.39 is 6.09 Å². The average molecular weight is 446 g/mol. The van der Waals surface area contributed by atoms with Gasteiger partial charge in [0.25, 0.3) is 0 Å². The summed E-state index contributed by atoms with van der Waals surface area (Å²) in [7, 11) is 5.41. The number of aromatic amines is 1. The second-order valence-electron chi connectivity index (χ2n) is 7.82. The first-order valence-electron chi connectivity index (χ1n) is 10.7. The van der Waals surface area contributed by atoms with Gasteiger partial charge < -0.3 is 19.9 Å². The molecule has 2 heterocycles. The number of para-hydroxylation sites is 2. The van der Waals surface area contributed by atoms with Gasteiger partial charge in [-0.3, -0.25) is 0 Å². The second-order valence-corrected chi connectivity index (χ2v) is 7.82. The van der Waals surface area contributed by atoms with E-state index in [1.807, 2.05) is 48.5 Å². The van der Waals surface area contributed by atoms with E-state index in [0.717, 1.165) is 52.7 Å². The molecule has 1 amide bonds. The van der Waals surface area contributed by atoms with Gasteiger partial charge in [-0.1, -0.05) is 30.3 Å². The molecule has 4 aromatic rings. The first-order valence-corrected chi connectivity index (χ1v) is 10.7. The molecule has 0 unspecified atom stereocenters. The quantitative estimate of drug-likeness (QED) is 0.216. The number of benzene rings is 2. The van der Waals surface area contributed by atoms with Crippen LogP contribution in [0.1, 0.15) is 12.0 Å². The number of nitrogens with zero attached hydrogens (tertiary/aromatic N) is 4. The predicted octanol–water partition coefficient (Wildman–Crippen LogP) is 3.83. The molecule has 0 saturated heterocycles. The minimum atomic E-state index is -0.640. The number of H-pyrrole nitrogens is 1. The fourth-order valence-electron chi connectivity index (χ4n) is 3.59. The molecule has 9 heteroatoms. The van der Waals surface area contributed by atoms with Crippen LogP contribution in [0, 0.1) is 0 Å². The number of hydrazone groups is 1. The Hall–Kier alpha value is -3.98. The van der Waals surface area contributed by atoms with Crippen molar-refractivity contribution in [1.82, 2.24) is 25.3 Å².